The van der Waals surface area contributed by atoms with Crippen molar-refractivity contribution in [2.24, 2.45) is 5.73 Å². The first-order chi connectivity index (χ1) is 8.78. The second-order valence-electron chi connectivity index (χ2n) is 4.34. The summed E-state index contributed by atoms with van der Waals surface area (Å²) >= 11 is 2.01. The molecule has 1 aromatic rings. The maximum absolute atomic E-state index is 11.2. The molecular weight excluding hydrogens is 246 g/mol. The quantitative estimate of drug-likeness (QED) is 0.857. The van der Waals surface area contributed by atoms with E-state index in [-0.39, 0.29) is 12.5 Å². The zero-order valence-electron chi connectivity index (χ0n) is 10.4. The number of hydrogen-bond acceptors (Lipinski definition) is 4. The second-order valence-corrected chi connectivity index (χ2v) is 5.57. The molecule has 1 saturated heterocycles. The zero-order chi connectivity index (χ0) is 12.8. The molecule has 0 bridgehead atoms. The minimum absolute atomic E-state index is 0.0214. The smallest absolute Gasteiger partial charge is 0.238 e. The number of anilines is 1. The highest BCUT2D eigenvalue weighted by molar-refractivity contribution is 7.99. The maximum atomic E-state index is 11.2. The standard InChI is InChI=1S/C13H19N3OS/c14-9-13(17)15-12-3-1-2-11(8-12)10-16-4-6-18-7-5-16/h1-3,8H,4-7,9-10,14H2,(H,15,17). The number of carbonyl (C=O) groups excluding carboxylic acids is 1. The number of rotatable bonds is 4. The third kappa shape index (κ3) is 4.01. The van der Waals surface area contributed by atoms with Gasteiger partial charge in [-0.05, 0) is 17.7 Å². The predicted molar refractivity (Wildman–Crippen MR) is 76.7 cm³/mol. The molecule has 18 heavy (non-hydrogen) atoms. The number of carbonyl (C=O) groups is 1. The van der Waals surface area contributed by atoms with E-state index in [1.165, 1.54) is 17.1 Å². The molecule has 1 aromatic carbocycles. The van der Waals surface area contributed by atoms with Crippen molar-refractivity contribution in [3.8, 4) is 0 Å². The molecule has 0 aromatic heterocycles. The molecule has 3 N–H and O–H groups in total. The van der Waals surface area contributed by atoms with Gasteiger partial charge in [-0.25, -0.2) is 0 Å². The van der Waals surface area contributed by atoms with Gasteiger partial charge in [0.15, 0.2) is 0 Å². The van der Waals surface area contributed by atoms with E-state index in [0.29, 0.717) is 0 Å². The van der Waals surface area contributed by atoms with Crippen LogP contribution >= 0.6 is 11.8 Å². The fourth-order valence-corrected chi connectivity index (χ4v) is 2.96. The number of nitrogens with zero attached hydrogens (tertiary/aromatic N) is 1. The number of benzene rings is 1. The van der Waals surface area contributed by atoms with Crippen molar-refractivity contribution in [3.05, 3.63) is 29.8 Å². The first-order valence-corrected chi connectivity index (χ1v) is 7.32. The van der Waals surface area contributed by atoms with Crippen molar-refractivity contribution in [3.63, 3.8) is 0 Å². The van der Waals surface area contributed by atoms with Gasteiger partial charge in [0.25, 0.3) is 0 Å². The van der Waals surface area contributed by atoms with Crippen molar-refractivity contribution in [2.45, 2.75) is 6.54 Å². The van der Waals surface area contributed by atoms with E-state index in [4.69, 9.17) is 5.73 Å². The lowest BCUT2D eigenvalue weighted by Crippen LogP contribution is -2.32. The maximum Gasteiger partial charge on any atom is 0.238 e. The van der Waals surface area contributed by atoms with Gasteiger partial charge in [0, 0.05) is 36.8 Å². The highest BCUT2D eigenvalue weighted by Crippen LogP contribution is 2.15. The molecule has 1 amide bonds. The summed E-state index contributed by atoms with van der Waals surface area (Å²) < 4.78 is 0. The average Bonchev–Trinajstić information content (AvgIpc) is 2.40. The second kappa shape index (κ2) is 6.78. The van der Waals surface area contributed by atoms with Crippen LogP contribution in [0.25, 0.3) is 0 Å². The molecule has 1 aliphatic heterocycles. The van der Waals surface area contributed by atoms with Crippen LogP contribution in [0.15, 0.2) is 24.3 Å². The minimum atomic E-state index is -0.151. The molecule has 0 atom stereocenters. The van der Waals surface area contributed by atoms with Crippen LogP contribution < -0.4 is 11.1 Å². The third-order valence-electron chi connectivity index (χ3n) is 2.91. The Labute approximate surface area is 112 Å². The molecule has 1 heterocycles. The molecule has 1 fully saturated rings. The van der Waals surface area contributed by atoms with Crippen molar-refractivity contribution < 1.29 is 4.79 Å². The molecule has 0 unspecified atom stereocenters. The first-order valence-electron chi connectivity index (χ1n) is 6.17. The third-order valence-corrected chi connectivity index (χ3v) is 3.85. The molecule has 2 rings (SSSR count). The van der Waals surface area contributed by atoms with E-state index in [0.717, 1.165) is 25.3 Å². The molecule has 4 nitrogen and oxygen atoms in total. The van der Waals surface area contributed by atoms with Gasteiger partial charge in [-0.2, -0.15) is 11.8 Å². The monoisotopic (exact) mass is 265 g/mol. The van der Waals surface area contributed by atoms with Gasteiger partial charge in [0.2, 0.25) is 5.91 Å². The molecule has 1 aliphatic rings. The van der Waals surface area contributed by atoms with E-state index >= 15 is 0 Å². The van der Waals surface area contributed by atoms with Crippen molar-refractivity contribution in [1.82, 2.24) is 4.90 Å². The lowest BCUT2D eigenvalue weighted by atomic mass is 10.2. The van der Waals surface area contributed by atoms with E-state index < -0.39 is 0 Å². The van der Waals surface area contributed by atoms with E-state index in [1.807, 2.05) is 30.0 Å². The number of nitrogens with one attached hydrogen (secondary N) is 1. The Morgan fingerprint density at radius 1 is 1.39 bits per heavy atom. The van der Waals surface area contributed by atoms with Gasteiger partial charge in [-0.3, -0.25) is 9.69 Å². The lowest BCUT2D eigenvalue weighted by Gasteiger charge is -2.26. The van der Waals surface area contributed by atoms with Crippen molar-refractivity contribution in [2.75, 3.05) is 36.5 Å². The normalized spacial score (nSPS) is 16.5. The SMILES string of the molecule is NCC(=O)Nc1cccc(CN2CCSCC2)c1. The Hall–Kier alpha value is -1.04. The largest absolute Gasteiger partial charge is 0.325 e. The summed E-state index contributed by atoms with van der Waals surface area (Å²) in [6.07, 6.45) is 0. The van der Waals surface area contributed by atoms with Crippen LogP contribution in [0.1, 0.15) is 5.56 Å². The van der Waals surface area contributed by atoms with Gasteiger partial charge in [0.1, 0.15) is 0 Å². The van der Waals surface area contributed by atoms with E-state index in [9.17, 15) is 4.79 Å². The zero-order valence-corrected chi connectivity index (χ0v) is 11.2. The van der Waals surface area contributed by atoms with Crippen LogP contribution in [0.5, 0.6) is 0 Å². The van der Waals surface area contributed by atoms with E-state index in [2.05, 4.69) is 16.3 Å². The lowest BCUT2D eigenvalue weighted by molar-refractivity contribution is -0.114. The number of hydrogen-bond donors (Lipinski definition) is 2. The van der Waals surface area contributed by atoms with Crippen molar-refractivity contribution >= 4 is 23.4 Å². The molecular formula is C13H19N3OS. The molecule has 0 aliphatic carbocycles. The fourth-order valence-electron chi connectivity index (χ4n) is 1.98. The first kappa shape index (κ1) is 13.4. The average molecular weight is 265 g/mol. The van der Waals surface area contributed by atoms with Crippen LogP contribution in [-0.2, 0) is 11.3 Å². The summed E-state index contributed by atoms with van der Waals surface area (Å²) in [7, 11) is 0. The number of nitrogens with two attached hydrogens (primary N) is 1. The van der Waals surface area contributed by atoms with Gasteiger partial charge in [0.05, 0.1) is 6.54 Å². The van der Waals surface area contributed by atoms with Gasteiger partial charge in [-0.15, -0.1) is 0 Å². The minimum Gasteiger partial charge on any atom is -0.325 e. The topological polar surface area (TPSA) is 58.4 Å². The summed E-state index contributed by atoms with van der Waals surface area (Å²) in [4.78, 5) is 13.7. The van der Waals surface area contributed by atoms with Crippen LogP contribution in [-0.4, -0.2) is 41.9 Å². The summed E-state index contributed by atoms with van der Waals surface area (Å²) in [6, 6.07) is 7.98. The summed E-state index contributed by atoms with van der Waals surface area (Å²) in [5.74, 6) is 2.27. The number of amides is 1. The van der Waals surface area contributed by atoms with Crippen LogP contribution in [0.3, 0.4) is 0 Å². The summed E-state index contributed by atoms with van der Waals surface area (Å²) in [5.41, 5.74) is 7.35. The predicted octanol–water partition coefficient (Wildman–Crippen LogP) is 1.13. The fraction of sp³-hybridized carbons (Fsp3) is 0.462. The van der Waals surface area contributed by atoms with Crippen LogP contribution in [0.2, 0.25) is 0 Å². The highest BCUT2D eigenvalue weighted by atomic mass is 32.2. The van der Waals surface area contributed by atoms with Crippen LogP contribution in [0, 0.1) is 0 Å². The Morgan fingerprint density at radius 2 is 2.17 bits per heavy atom. The molecule has 0 spiro atoms. The Bertz CT molecular complexity index is 405. The van der Waals surface area contributed by atoms with Crippen molar-refractivity contribution in [1.29, 1.82) is 0 Å². The Kier molecular flexibility index (Phi) is 5.04. The Balaban J connectivity index is 1.95. The molecule has 0 saturated carbocycles. The van der Waals surface area contributed by atoms with E-state index in [1.54, 1.807) is 0 Å². The van der Waals surface area contributed by atoms with Gasteiger partial charge >= 0.3 is 0 Å². The Morgan fingerprint density at radius 3 is 2.89 bits per heavy atom. The summed E-state index contributed by atoms with van der Waals surface area (Å²) in [6.45, 7) is 3.26. The van der Waals surface area contributed by atoms with Crippen LogP contribution in [0.4, 0.5) is 5.69 Å². The number of thioether (sulfide) groups is 1. The summed E-state index contributed by atoms with van der Waals surface area (Å²) in [5, 5.41) is 2.78. The van der Waals surface area contributed by atoms with Gasteiger partial charge < -0.3 is 11.1 Å². The molecule has 0 radical (unpaired) electrons. The van der Waals surface area contributed by atoms with Gasteiger partial charge in [-0.1, -0.05) is 12.1 Å². The molecule has 5 heteroatoms. The molecule has 98 valence electrons. The highest BCUT2D eigenvalue weighted by Gasteiger charge is 2.10.